The quantitative estimate of drug-likeness (QED) is 0.770. The lowest BCUT2D eigenvalue weighted by molar-refractivity contribution is 0.0946. The lowest BCUT2D eigenvalue weighted by Gasteiger charge is -2.30. The van der Waals surface area contributed by atoms with Crippen LogP contribution in [0.2, 0.25) is 1.41 Å². The van der Waals surface area contributed by atoms with Gasteiger partial charge < -0.3 is 15.3 Å². The van der Waals surface area contributed by atoms with Gasteiger partial charge in [-0.3, -0.25) is 14.2 Å². The van der Waals surface area contributed by atoms with Gasteiger partial charge in [-0.05, 0) is 69.7 Å². The van der Waals surface area contributed by atoms with Crippen LogP contribution in [0.25, 0.3) is 10.2 Å². The van der Waals surface area contributed by atoms with Gasteiger partial charge in [-0.25, -0.2) is 0 Å². The number of nitrogens with one attached hydrogen (secondary N) is 1. The van der Waals surface area contributed by atoms with E-state index in [4.69, 9.17) is 23.3 Å². The van der Waals surface area contributed by atoms with Gasteiger partial charge in [0, 0.05) is 30.4 Å². The molecule has 3 heterocycles. The van der Waals surface area contributed by atoms with E-state index in [-0.39, 0.29) is 10.2 Å². The molecule has 0 radical (unpaired) electrons. The number of fused-ring (bicyclic) bond motifs is 1. The van der Waals surface area contributed by atoms with Crippen molar-refractivity contribution in [1.29, 1.82) is 0 Å². The summed E-state index contributed by atoms with van der Waals surface area (Å²) in [4.78, 5) is 26.2. The van der Waals surface area contributed by atoms with Crippen molar-refractivity contribution >= 4 is 27.5 Å². The SMILES string of the molecule is [2H]c1sc2c(c1[2H])c(O)c(C(=O)N([2H])CCC([2H])N1C([2H])([2H])C([2H])([2H])C([2H])(C)C([2H])([2H])C1([2H])[2H])c(=O)n2C([2H])(C)C([2H])([2H])[2H]. The molecule has 2 aromatic rings. The van der Waals surface area contributed by atoms with Crippen molar-refractivity contribution in [3.05, 3.63) is 27.3 Å². The number of amides is 1. The van der Waals surface area contributed by atoms with Crippen LogP contribution in [0.4, 0.5) is 0 Å². The zero-order valence-corrected chi connectivity index (χ0v) is 15.3. The van der Waals surface area contributed by atoms with Gasteiger partial charge in [0.1, 0.15) is 16.1 Å². The summed E-state index contributed by atoms with van der Waals surface area (Å²) >= 11 is 0.399. The monoisotopic (exact) mass is 408 g/mol. The molecule has 0 spiro atoms. The highest BCUT2D eigenvalue weighted by Gasteiger charge is 2.23. The summed E-state index contributed by atoms with van der Waals surface area (Å²) in [5.74, 6) is -5.77. The number of nitrogens with zero attached hydrogens (tertiary/aromatic N) is 2. The highest BCUT2D eigenvalue weighted by atomic mass is 32.1. The normalized spacial score (nSPS) is 37.9. The molecule has 1 fully saturated rings. The lowest BCUT2D eigenvalue weighted by Crippen LogP contribution is -2.37. The van der Waals surface area contributed by atoms with E-state index < -0.39 is 108 Å². The zero-order chi connectivity index (χ0) is 34.5. The van der Waals surface area contributed by atoms with Crippen LogP contribution in [0.5, 0.6) is 5.75 Å². The number of hydrogen-bond acceptors (Lipinski definition) is 5. The first-order valence-electron chi connectivity index (χ1n) is 16.4. The summed E-state index contributed by atoms with van der Waals surface area (Å²) in [5, 5.41) is 9.67. The number of piperidine rings is 1. The minimum Gasteiger partial charge on any atom is -0.506 e. The second-order valence-electron chi connectivity index (χ2n) is 5.59. The van der Waals surface area contributed by atoms with Crippen LogP contribution < -0.4 is 10.9 Å². The molecule has 3 rings (SSSR count). The van der Waals surface area contributed by atoms with Gasteiger partial charge >= 0.3 is 0 Å². The van der Waals surface area contributed by atoms with Crippen LogP contribution in [-0.4, -0.2) is 46.5 Å². The van der Waals surface area contributed by atoms with Gasteiger partial charge in [0.15, 0.2) is 1.41 Å². The van der Waals surface area contributed by atoms with Crippen molar-refractivity contribution in [3.8, 4) is 5.75 Å². The van der Waals surface area contributed by atoms with Gasteiger partial charge in [-0.2, -0.15) is 0 Å². The Morgan fingerprint density at radius 3 is 3.15 bits per heavy atom. The Kier molecular flexibility index (Phi) is 2.35. The van der Waals surface area contributed by atoms with Crippen LogP contribution in [0.1, 0.15) is 78.2 Å². The van der Waals surface area contributed by atoms with E-state index in [0.717, 1.165) is 6.92 Å². The molecular formula is C20H29N3O3S. The maximum absolute atomic E-state index is 13.5. The van der Waals surface area contributed by atoms with Gasteiger partial charge in [0.2, 0.25) is 0 Å². The predicted molar refractivity (Wildman–Crippen MR) is 110 cm³/mol. The van der Waals surface area contributed by atoms with Gasteiger partial charge in [0.25, 0.3) is 11.5 Å². The minimum absolute atomic E-state index is 0.0185. The fourth-order valence-electron chi connectivity index (χ4n) is 2.35. The Labute approximate surface area is 187 Å². The maximum atomic E-state index is 13.5. The molecule has 27 heavy (non-hydrogen) atoms. The highest BCUT2D eigenvalue weighted by Crippen LogP contribution is 2.31. The Morgan fingerprint density at radius 1 is 1.70 bits per heavy atom. The number of rotatable bonds is 6. The largest absolute Gasteiger partial charge is 0.506 e. The molecule has 1 aliphatic heterocycles. The highest BCUT2D eigenvalue weighted by molar-refractivity contribution is 7.16. The number of pyridine rings is 1. The van der Waals surface area contributed by atoms with E-state index in [2.05, 4.69) is 0 Å². The van der Waals surface area contributed by atoms with E-state index in [1.165, 1.54) is 0 Å². The Balaban J connectivity index is 2.07. The van der Waals surface area contributed by atoms with Gasteiger partial charge in [0.05, 0.1) is 9.50 Å². The smallest absolute Gasteiger partial charge is 0.268 e. The first-order chi connectivity index (χ1) is 19.5. The second-order valence-corrected chi connectivity index (χ2v) is 6.38. The molecule has 0 aliphatic carbocycles. The van der Waals surface area contributed by atoms with Gasteiger partial charge in [-0.1, -0.05) is 6.92 Å². The number of hydrogen-bond donors (Lipinski definition) is 2. The van der Waals surface area contributed by atoms with Crippen LogP contribution in [0, 0.1) is 5.89 Å². The van der Waals surface area contributed by atoms with E-state index in [1.54, 1.807) is 0 Å². The summed E-state index contributed by atoms with van der Waals surface area (Å²) < 4.78 is 138. The molecule has 2 aromatic heterocycles. The summed E-state index contributed by atoms with van der Waals surface area (Å²) in [6.07, 6.45) is -7.61. The first kappa shape index (κ1) is 7.52. The molecule has 1 aliphatic rings. The number of aromatic nitrogens is 1. The van der Waals surface area contributed by atoms with E-state index >= 15 is 0 Å². The minimum atomic E-state index is -3.45. The van der Waals surface area contributed by atoms with Crippen molar-refractivity contribution in [3.63, 3.8) is 0 Å². The molecule has 0 bridgehead atoms. The second kappa shape index (κ2) is 8.44. The molecule has 2 atom stereocenters. The number of aromatic hydroxyl groups is 1. The van der Waals surface area contributed by atoms with Crippen molar-refractivity contribution in [2.45, 2.75) is 45.9 Å². The third kappa shape index (κ3) is 4.19. The van der Waals surface area contributed by atoms with Crippen molar-refractivity contribution < 1.29 is 33.2 Å². The van der Waals surface area contributed by atoms with Crippen molar-refractivity contribution in [2.75, 3.05) is 26.1 Å². The topological polar surface area (TPSA) is 74.6 Å². The summed E-state index contributed by atoms with van der Waals surface area (Å²) in [6, 6.07) is -3.49. The molecule has 1 saturated heterocycles. The van der Waals surface area contributed by atoms with E-state index in [1.807, 2.05) is 0 Å². The maximum Gasteiger partial charge on any atom is 0.268 e. The molecule has 0 saturated carbocycles. The van der Waals surface area contributed by atoms with Crippen LogP contribution in [0.15, 0.2) is 16.2 Å². The molecule has 1 amide bonds. The predicted octanol–water partition coefficient (Wildman–Crippen LogP) is 3.20. The average molecular weight is 409 g/mol. The summed E-state index contributed by atoms with van der Waals surface area (Å²) in [7, 11) is 0. The third-order valence-electron chi connectivity index (χ3n) is 3.60. The van der Waals surface area contributed by atoms with E-state index in [0.29, 0.717) is 22.8 Å². The fourth-order valence-corrected chi connectivity index (χ4v) is 3.16. The molecule has 6 nitrogen and oxygen atoms in total. The summed E-state index contributed by atoms with van der Waals surface area (Å²) in [5.41, 5.74) is -2.79. The molecular weight excluding hydrogens is 362 g/mol. The number of thiophene rings is 1. The molecule has 148 valence electrons. The Hall–Kier alpha value is -1.86. The third-order valence-corrected chi connectivity index (χ3v) is 4.39. The number of carbonyl (C=O) groups is 1. The first-order valence-corrected chi connectivity index (χ1v) is 8.68. The molecule has 0 aromatic carbocycles. The van der Waals surface area contributed by atoms with Crippen molar-refractivity contribution in [1.82, 2.24) is 14.8 Å². The number of likely N-dealkylation sites (tertiary alicyclic amines) is 1. The zero-order valence-electron chi connectivity index (χ0n) is 31.5. The lowest BCUT2D eigenvalue weighted by atomic mass is 9.99. The molecule has 2 N–H and O–H groups in total. The standard InChI is InChI=1S/C20H29N3O3S/c1-13(2)23-19(26)16(17(24)15-7-12-27-20(15)23)18(25)21-8-4-9-22-10-5-14(3)6-11-22/h7,12-14,24H,4-6,8-11H2,1-3H3,(H,21,25)/i1D3,5D2,6D2,7D,9D,10D2,11D2,12D,13D,14D/hD. The fraction of sp³-hybridized carbons (Fsp3) is 0.600. The van der Waals surface area contributed by atoms with Crippen LogP contribution in [0.3, 0.4) is 0 Å². The Bertz CT molecular complexity index is 1520. The van der Waals surface area contributed by atoms with Crippen LogP contribution >= 0.6 is 11.3 Å². The Morgan fingerprint density at radius 2 is 2.44 bits per heavy atom. The van der Waals surface area contributed by atoms with Crippen LogP contribution in [-0.2, 0) is 0 Å². The average Bonchev–Trinajstić information content (AvgIpc) is 3.13. The summed E-state index contributed by atoms with van der Waals surface area (Å²) in [6.45, 7) is -11.7. The van der Waals surface area contributed by atoms with E-state index in [9.17, 15) is 14.7 Å². The number of carbonyl (C=O) groups excluding carboxylic acids is 1. The van der Waals surface area contributed by atoms with Crippen molar-refractivity contribution in [2.24, 2.45) is 5.89 Å². The van der Waals surface area contributed by atoms with Gasteiger partial charge in [-0.15, -0.1) is 11.3 Å². The molecule has 2 unspecified atom stereocenters. The molecule has 7 heteroatoms.